The first-order valence-corrected chi connectivity index (χ1v) is 14.6. The van der Waals surface area contributed by atoms with Crippen molar-refractivity contribution >= 4 is 49.2 Å². The minimum Gasteiger partial charge on any atom is -0.462 e. The van der Waals surface area contributed by atoms with Crippen LogP contribution in [0.15, 0.2) is 0 Å². The Morgan fingerprint density at radius 2 is 1.74 bits per heavy atom. The predicted molar refractivity (Wildman–Crippen MR) is 136 cm³/mol. The van der Waals surface area contributed by atoms with E-state index in [1.54, 1.807) is 0 Å². The largest absolute Gasteiger partial charge is 0.472 e. The summed E-state index contributed by atoms with van der Waals surface area (Å²) in [6, 6.07) is 0. The number of hydrogen-bond acceptors (Lipinski definition) is 13. The van der Waals surface area contributed by atoms with E-state index in [0.29, 0.717) is 0 Å². The van der Waals surface area contributed by atoms with Crippen LogP contribution in [0.25, 0.3) is 0 Å². The van der Waals surface area contributed by atoms with Gasteiger partial charge in [-0.2, -0.15) is 0 Å². The van der Waals surface area contributed by atoms with E-state index in [1.807, 2.05) is 13.8 Å². The molecular formula is C22H37N2O13PS. The van der Waals surface area contributed by atoms with Crippen LogP contribution in [0.1, 0.15) is 34.1 Å². The van der Waals surface area contributed by atoms with Crippen molar-refractivity contribution in [2.45, 2.75) is 50.7 Å². The molecule has 0 saturated carbocycles. The number of hydrogen-bond donors (Lipinski definition) is 2. The van der Waals surface area contributed by atoms with E-state index >= 15 is 0 Å². The van der Waals surface area contributed by atoms with E-state index in [4.69, 9.17) is 28.0 Å². The van der Waals surface area contributed by atoms with Gasteiger partial charge in [0, 0.05) is 26.8 Å². The Morgan fingerprint density at radius 1 is 1.05 bits per heavy atom. The molecule has 0 aromatic rings. The summed E-state index contributed by atoms with van der Waals surface area (Å²) in [5, 5.41) is 2.31. The normalized spacial score (nSPS) is 17.7. The molecule has 1 aliphatic heterocycles. The van der Waals surface area contributed by atoms with Crippen LogP contribution >= 0.6 is 19.6 Å². The van der Waals surface area contributed by atoms with Crippen molar-refractivity contribution in [1.29, 1.82) is 0 Å². The van der Waals surface area contributed by atoms with Gasteiger partial charge in [0.25, 0.3) is 0 Å². The van der Waals surface area contributed by atoms with Gasteiger partial charge in [-0.25, -0.2) is 4.57 Å². The van der Waals surface area contributed by atoms with Crippen molar-refractivity contribution in [2.75, 3.05) is 59.3 Å². The fourth-order valence-electron chi connectivity index (χ4n) is 3.04. The van der Waals surface area contributed by atoms with Gasteiger partial charge in [-0.05, 0) is 5.25 Å². The number of amides is 3. The van der Waals surface area contributed by atoms with Crippen LogP contribution < -0.4 is 5.32 Å². The van der Waals surface area contributed by atoms with Gasteiger partial charge >= 0.3 is 19.8 Å². The zero-order valence-electron chi connectivity index (χ0n) is 22.5. The molecule has 1 heterocycles. The molecule has 3 amide bonds. The van der Waals surface area contributed by atoms with Gasteiger partial charge < -0.3 is 29.2 Å². The molecule has 1 fully saturated rings. The zero-order chi connectivity index (χ0) is 29.4. The van der Waals surface area contributed by atoms with Crippen molar-refractivity contribution in [2.24, 2.45) is 0 Å². The lowest BCUT2D eigenvalue weighted by Gasteiger charge is -2.18. The Labute approximate surface area is 231 Å². The van der Waals surface area contributed by atoms with Gasteiger partial charge in [0.2, 0.25) is 17.7 Å². The second-order valence-corrected chi connectivity index (χ2v) is 11.6. The van der Waals surface area contributed by atoms with Crippen LogP contribution in [0.5, 0.6) is 0 Å². The van der Waals surface area contributed by atoms with Crippen LogP contribution in [0, 0.1) is 0 Å². The number of esters is 2. The van der Waals surface area contributed by atoms with E-state index in [0.717, 1.165) is 13.8 Å². The highest BCUT2D eigenvalue weighted by atomic mass is 32.2. The van der Waals surface area contributed by atoms with Crippen LogP contribution in [0.3, 0.4) is 0 Å². The quantitative estimate of drug-likeness (QED) is 0.0823. The van der Waals surface area contributed by atoms with Gasteiger partial charge in [0.05, 0.1) is 44.8 Å². The third-order valence-electron chi connectivity index (χ3n) is 4.61. The Balaban J connectivity index is 2.13. The van der Waals surface area contributed by atoms with Crippen molar-refractivity contribution in [3.63, 3.8) is 0 Å². The summed E-state index contributed by atoms with van der Waals surface area (Å²) in [4.78, 5) is 68.9. The fourth-order valence-corrected chi connectivity index (χ4v) is 4.93. The highest BCUT2D eigenvalue weighted by Gasteiger charge is 2.38. The molecule has 2 N–H and O–H groups in total. The first-order valence-electron chi connectivity index (χ1n) is 12.1. The van der Waals surface area contributed by atoms with Crippen LogP contribution in [0.2, 0.25) is 0 Å². The van der Waals surface area contributed by atoms with E-state index < -0.39 is 38.4 Å². The standard InChI is InChI=1S/C22H37N2O13PS/c1-15(2)39-19-11-21(28)24(22(19)29)6-8-32-9-10-33-14-20(27)23-5-7-35-38(30,31)36-13-18(37-17(4)26)12-34-16(3)25/h15,18-19H,5-14H2,1-4H3,(H,23,27)(H,30,31)/t18-,19?/m1/s1. The Hall–Kier alpha value is -2.07. The molecule has 224 valence electrons. The molecule has 0 aromatic heterocycles. The molecule has 39 heavy (non-hydrogen) atoms. The molecule has 0 aliphatic carbocycles. The van der Waals surface area contributed by atoms with Gasteiger partial charge in [-0.3, -0.25) is 37.9 Å². The molecule has 1 aliphatic rings. The highest BCUT2D eigenvalue weighted by Crippen LogP contribution is 2.43. The van der Waals surface area contributed by atoms with Crippen molar-refractivity contribution in [3.8, 4) is 0 Å². The number of nitrogens with zero attached hydrogens (tertiary/aromatic N) is 1. The molecule has 0 spiro atoms. The number of likely N-dealkylation sites (tertiary alicyclic amines) is 1. The minimum absolute atomic E-state index is 0.0914. The fraction of sp³-hybridized carbons (Fsp3) is 0.773. The van der Waals surface area contributed by atoms with E-state index in [2.05, 4.69) is 5.32 Å². The number of rotatable bonds is 20. The van der Waals surface area contributed by atoms with Gasteiger partial charge in [-0.1, -0.05) is 13.8 Å². The number of phosphoric ester groups is 1. The molecule has 2 unspecified atom stereocenters. The molecule has 17 heteroatoms. The summed E-state index contributed by atoms with van der Waals surface area (Å²) in [5.41, 5.74) is 0. The van der Waals surface area contributed by atoms with Gasteiger partial charge in [-0.15, -0.1) is 11.8 Å². The Kier molecular flexibility index (Phi) is 16.4. The average molecular weight is 601 g/mol. The number of imide groups is 1. The lowest BCUT2D eigenvalue weighted by molar-refractivity contribution is -0.158. The number of carbonyl (C=O) groups excluding carboxylic acids is 5. The Bertz CT molecular complexity index is 888. The van der Waals surface area contributed by atoms with Gasteiger partial charge in [0.15, 0.2) is 6.10 Å². The molecule has 0 bridgehead atoms. The third kappa shape index (κ3) is 15.9. The van der Waals surface area contributed by atoms with E-state index in [-0.39, 0.29) is 81.5 Å². The number of phosphoric acid groups is 1. The van der Waals surface area contributed by atoms with Crippen molar-refractivity contribution < 1.29 is 61.4 Å². The number of carbonyl (C=O) groups is 5. The molecule has 1 rings (SSSR count). The number of nitrogens with one attached hydrogen (secondary N) is 1. The third-order valence-corrected chi connectivity index (χ3v) is 6.84. The monoisotopic (exact) mass is 600 g/mol. The topological polar surface area (TPSA) is 193 Å². The maximum Gasteiger partial charge on any atom is 0.472 e. The molecule has 15 nitrogen and oxygen atoms in total. The summed E-state index contributed by atoms with van der Waals surface area (Å²) in [5.74, 6) is -2.26. The summed E-state index contributed by atoms with van der Waals surface area (Å²) < 4.78 is 41.4. The molecular weight excluding hydrogens is 563 g/mol. The zero-order valence-corrected chi connectivity index (χ0v) is 24.2. The maximum absolute atomic E-state index is 12.3. The highest BCUT2D eigenvalue weighted by molar-refractivity contribution is 8.01. The summed E-state index contributed by atoms with van der Waals surface area (Å²) in [6.45, 7) is 5.01. The summed E-state index contributed by atoms with van der Waals surface area (Å²) >= 11 is 1.47. The Morgan fingerprint density at radius 3 is 2.38 bits per heavy atom. The lowest BCUT2D eigenvalue weighted by Crippen LogP contribution is -2.34. The van der Waals surface area contributed by atoms with Crippen molar-refractivity contribution in [3.05, 3.63) is 0 Å². The summed E-state index contributed by atoms with van der Waals surface area (Å²) in [6.07, 6.45) is -0.912. The molecule has 1 saturated heterocycles. The molecule has 0 aromatic carbocycles. The summed E-state index contributed by atoms with van der Waals surface area (Å²) in [7, 11) is -4.54. The molecule has 3 atom stereocenters. The van der Waals surface area contributed by atoms with E-state index in [9.17, 15) is 33.4 Å². The second-order valence-electron chi connectivity index (χ2n) is 8.41. The lowest BCUT2D eigenvalue weighted by atomic mass is 10.4. The van der Waals surface area contributed by atoms with Crippen LogP contribution in [-0.2, 0) is 56.5 Å². The van der Waals surface area contributed by atoms with Crippen molar-refractivity contribution in [1.82, 2.24) is 10.2 Å². The smallest absolute Gasteiger partial charge is 0.462 e. The van der Waals surface area contributed by atoms with Crippen LogP contribution in [0.4, 0.5) is 0 Å². The first kappa shape index (κ1) is 35.0. The molecule has 0 radical (unpaired) electrons. The SMILES string of the molecule is CC(=O)OC[C@H](COP(=O)(O)OCCNC(=O)COCCOCCN1C(=O)CC(SC(C)C)C1=O)OC(C)=O. The average Bonchev–Trinajstić information content (AvgIpc) is 3.09. The van der Waals surface area contributed by atoms with E-state index in [1.165, 1.54) is 16.7 Å². The predicted octanol–water partition coefficient (Wildman–Crippen LogP) is 0.0333. The number of ether oxygens (including phenoxy) is 4. The first-order chi connectivity index (χ1) is 18.3. The minimum atomic E-state index is -4.54. The number of thioether (sulfide) groups is 1. The second kappa shape index (κ2) is 18.3. The van der Waals surface area contributed by atoms with Crippen LogP contribution in [-0.4, -0.2) is 115 Å². The maximum atomic E-state index is 12.3. The van der Waals surface area contributed by atoms with Gasteiger partial charge in [0.1, 0.15) is 13.2 Å².